The number of nitro groups is 1. The molecule has 0 saturated carbocycles. The first-order valence-electron chi connectivity index (χ1n) is 7.79. The highest BCUT2D eigenvalue weighted by Crippen LogP contribution is 2.33. The fourth-order valence-corrected chi connectivity index (χ4v) is 4.52. The number of anilines is 1. The van der Waals surface area contributed by atoms with Gasteiger partial charge in [-0.15, -0.1) is 0 Å². The van der Waals surface area contributed by atoms with E-state index in [0.29, 0.717) is 18.7 Å². The number of hydrogen-bond donors (Lipinski definition) is 0. The van der Waals surface area contributed by atoms with Gasteiger partial charge >= 0.3 is 0 Å². The highest BCUT2D eigenvalue weighted by molar-refractivity contribution is 7.92. The van der Waals surface area contributed by atoms with Gasteiger partial charge in [0.25, 0.3) is 5.69 Å². The van der Waals surface area contributed by atoms with E-state index < -0.39 is 14.9 Å². The summed E-state index contributed by atoms with van der Waals surface area (Å²) in [6.45, 7) is 0.366. The van der Waals surface area contributed by atoms with Gasteiger partial charge in [0.1, 0.15) is 0 Å². The summed E-state index contributed by atoms with van der Waals surface area (Å²) in [6, 6.07) is 13.9. The molecule has 0 radical (unpaired) electrons. The molecule has 1 aliphatic heterocycles. The molecule has 3 rings (SSSR count). The van der Waals surface area contributed by atoms with Gasteiger partial charge in [0, 0.05) is 18.7 Å². The van der Waals surface area contributed by atoms with E-state index in [0.717, 1.165) is 24.0 Å². The number of non-ortho nitro benzene ring substituents is 1. The van der Waals surface area contributed by atoms with Gasteiger partial charge in [0.15, 0.2) is 0 Å². The Bertz CT molecular complexity index is 850. The number of hydrogen-bond acceptors (Lipinski definition) is 4. The monoisotopic (exact) mass is 346 g/mol. The van der Waals surface area contributed by atoms with Crippen molar-refractivity contribution in [3.63, 3.8) is 0 Å². The molecule has 0 N–H and O–H groups in total. The van der Waals surface area contributed by atoms with E-state index >= 15 is 0 Å². The van der Waals surface area contributed by atoms with Crippen molar-refractivity contribution in [1.82, 2.24) is 0 Å². The molecule has 0 amide bonds. The summed E-state index contributed by atoms with van der Waals surface area (Å²) >= 11 is 0. The second kappa shape index (κ2) is 6.60. The quantitative estimate of drug-likeness (QED) is 0.616. The smallest absolute Gasteiger partial charge is 0.270 e. The molecule has 24 heavy (non-hydrogen) atoms. The molecule has 0 spiro atoms. The van der Waals surface area contributed by atoms with Crippen LogP contribution in [0.15, 0.2) is 48.5 Å². The van der Waals surface area contributed by atoms with E-state index in [1.165, 1.54) is 16.4 Å². The molecule has 0 saturated heterocycles. The lowest BCUT2D eigenvalue weighted by Gasteiger charge is -2.30. The zero-order chi connectivity index (χ0) is 17.2. The third-order valence-electron chi connectivity index (χ3n) is 4.18. The van der Waals surface area contributed by atoms with Crippen molar-refractivity contribution >= 4 is 21.4 Å². The minimum Gasteiger partial charge on any atom is -0.270 e. The standard InChI is InChI=1S/C17H18N2O4S/c20-19(21)16-9-8-15-7-4-11-18(17(15)13-16)24(22,23)12-10-14-5-2-1-3-6-14/h1-3,5-6,8-9,13H,4,7,10-12H2. The van der Waals surface area contributed by atoms with Gasteiger partial charge in [-0.2, -0.15) is 0 Å². The average Bonchev–Trinajstić information content (AvgIpc) is 2.60. The van der Waals surface area contributed by atoms with Crippen LogP contribution >= 0.6 is 0 Å². The number of rotatable bonds is 5. The molecule has 6 nitrogen and oxygen atoms in total. The van der Waals surface area contributed by atoms with Gasteiger partial charge in [0.05, 0.1) is 16.4 Å². The summed E-state index contributed by atoms with van der Waals surface area (Å²) in [5.74, 6) is -0.0147. The van der Waals surface area contributed by atoms with Crippen LogP contribution in [0.1, 0.15) is 17.5 Å². The molecule has 0 unspecified atom stereocenters. The second-order valence-corrected chi connectivity index (χ2v) is 7.81. The molecule has 2 aromatic rings. The zero-order valence-electron chi connectivity index (χ0n) is 13.1. The van der Waals surface area contributed by atoms with Crippen LogP contribution in [0.5, 0.6) is 0 Å². The topological polar surface area (TPSA) is 80.5 Å². The Morgan fingerprint density at radius 2 is 1.88 bits per heavy atom. The number of benzene rings is 2. The molecule has 1 heterocycles. The number of sulfonamides is 1. The lowest BCUT2D eigenvalue weighted by molar-refractivity contribution is -0.384. The van der Waals surface area contributed by atoms with Crippen molar-refractivity contribution in [1.29, 1.82) is 0 Å². The fourth-order valence-electron chi connectivity index (χ4n) is 2.93. The Kier molecular flexibility index (Phi) is 4.53. The molecular formula is C17H18N2O4S. The SMILES string of the molecule is O=[N+]([O-])c1ccc2c(c1)N(S(=O)(=O)CCc1ccccc1)CCC2. The van der Waals surface area contributed by atoms with E-state index in [4.69, 9.17) is 0 Å². The predicted molar refractivity (Wildman–Crippen MR) is 92.7 cm³/mol. The third kappa shape index (κ3) is 3.41. The highest BCUT2D eigenvalue weighted by Gasteiger charge is 2.28. The van der Waals surface area contributed by atoms with Crippen LogP contribution in [-0.2, 0) is 22.9 Å². The number of nitrogens with zero attached hydrogens (tertiary/aromatic N) is 2. The maximum absolute atomic E-state index is 12.8. The van der Waals surface area contributed by atoms with Gasteiger partial charge in [-0.1, -0.05) is 36.4 Å². The summed E-state index contributed by atoms with van der Waals surface area (Å²) in [7, 11) is -3.53. The molecule has 126 valence electrons. The summed E-state index contributed by atoms with van der Waals surface area (Å²) in [6.07, 6.45) is 1.87. The molecular weight excluding hydrogens is 328 g/mol. The molecule has 0 bridgehead atoms. The Morgan fingerprint density at radius 3 is 2.58 bits per heavy atom. The van der Waals surface area contributed by atoms with Gasteiger partial charge in [-0.05, 0) is 30.4 Å². The molecule has 0 atom stereocenters. The summed E-state index contributed by atoms with van der Waals surface area (Å²) in [5.41, 5.74) is 2.16. The van der Waals surface area contributed by atoms with Crippen molar-refractivity contribution in [3.05, 3.63) is 69.8 Å². The number of fused-ring (bicyclic) bond motifs is 1. The molecule has 2 aromatic carbocycles. The zero-order valence-corrected chi connectivity index (χ0v) is 13.9. The number of nitro benzene ring substituents is 1. The second-order valence-electron chi connectivity index (χ2n) is 5.80. The first-order chi connectivity index (χ1) is 11.5. The van der Waals surface area contributed by atoms with E-state index in [2.05, 4.69) is 0 Å². The van der Waals surface area contributed by atoms with Crippen LogP contribution in [0, 0.1) is 10.1 Å². The highest BCUT2D eigenvalue weighted by atomic mass is 32.2. The Morgan fingerprint density at radius 1 is 1.12 bits per heavy atom. The summed E-state index contributed by atoms with van der Waals surface area (Å²) in [4.78, 5) is 10.5. The van der Waals surface area contributed by atoms with Gasteiger partial charge in [-0.25, -0.2) is 8.42 Å². The van der Waals surface area contributed by atoms with Crippen molar-refractivity contribution in [2.24, 2.45) is 0 Å². The molecule has 0 aromatic heterocycles. The van der Waals surface area contributed by atoms with Crippen LogP contribution in [0.4, 0.5) is 11.4 Å². The van der Waals surface area contributed by atoms with Crippen molar-refractivity contribution in [2.75, 3.05) is 16.6 Å². The maximum atomic E-state index is 12.8. The Balaban J connectivity index is 1.87. The van der Waals surface area contributed by atoms with Gasteiger partial charge < -0.3 is 0 Å². The minimum absolute atomic E-state index is 0.0147. The van der Waals surface area contributed by atoms with Crippen molar-refractivity contribution in [3.8, 4) is 0 Å². The first kappa shape index (κ1) is 16.4. The van der Waals surface area contributed by atoms with Gasteiger partial charge in [-0.3, -0.25) is 14.4 Å². The van der Waals surface area contributed by atoms with E-state index in [9.17, 15) is 18.5 Å². The third-order valence-corrected chi connectivity index (χ3v) is 5.95. The van der Waals surface area contributed by atoms with Crippen molar-refractivity contribution < 1.29 is 13.3 Å². The van der Waals surface area contributed by atoms with Crippen LogP contribution < -0.4 is 4.31 Å². The normalized spacial score (nSPS) is 14.2. The number of aryl methyl sites for hydroxylation is 2. The largest absolute Gasteiger partial charge is 0.271 e. The predicted octanol–water partition coefficient (Wildman–Crippen LogP) is 2.92. The first-order valence-corrected chi connectivity index (χ1v) is 9.40. The molecule has 7 heteroatoms. The Labute approximate surface area is 140 Å². The van der Waals surface area contributed by atoms with Crippen molar-refractivity contribution in [2.45, 2.75) is 19.3 Å². The van der Waals surface area contributed by atoms with E-state index in [1.807, 2.05) is 30.3 Å². The average molecular weight is 346 g/mol. The maximum Gasteiger partial charge on any atom is 0.271 e. The van der Waals surface area contributed by atoms with E-state index in [-0.39, 0.29) is 11.4 Å². The fraction of sp³-hybridized carbons (Fsp3) is 0.294. The lowest BCUT2D eigenvalue weighted by Crippen LogP contribution is -2.37. The molecule has 0 fully saturated rings. The summed E-state index contributed by atoms with van der Waals surface area (Å²) < 4.78 is 26.9. The van der Waals surface area contributed by atoms with Crippen LogP contribution in [0.25, 0.3) is 0 Å². The molecule has 1 aliphatic rings. The van der Waals surface area contributed by atoms with Gasteiger partial charge in [0.2, 0.25) is 10.0 Å². The lowest BCUT2D eigenvalue weighted by atomic mass is 10.0. The molecule has 0 aliphatic carbocycles. The van der Waals surface area contributed by atoms with Crippen LogP contribution in [-0.4, -0.2) is 25.6 Å². The van der Waals surface area contributed by atoms with E-state index in [1.54, 1.807) is 6.07 Å². The summed E-state index contributed by atoms with van der Waals surface area (Å²) in [5, 5.41) is 11.0. The van der Waals surface area contributed by atoms with Crippen LogP contribution in [0.3, 0.4) is 0 Å². The minimum atomic E-state index is -3.53. The van der Waals surface area contributed by atoms with Crippen LogP contribution in [0.2, 0.25) is 0 Å². The Hall–Kier alpha value is -2.41.